The number of allylic oxidation sites excluding steroid dienone is 1. The van der Waals surface area contributed by atoms with Crippen LogP contribution in [0.25, 0.3) is 0 Å². The van der Waals surface area contributed by atoms with Crippen LogP contribution in [-0.2, 0) is 9.53 Å². The zero-order valence-electron chi connectivity index (χ0n) is 19.2. The molecule has 0 radical (unpaired) electrons. The molecule has 164 valence electrons. The van der Waals surface area contributed by atoms with Gasteiger partial charge in [0, 0.05) is 19.8 Å². The molecule has 0 heterocycles. The number of carbonyl (C=O) groups is 1. The third-order valence-electron chi connectivity index (χ3n) is 9.93. The lowest BCUT2D eigenvalue weighted by molar-refractivity contribution is -0.152. The van der Waals surface area contributed by atoms with E-state index in [0.717, 1.165) is 42.4 Å². The normalized spacial score (nSPS) is 47.4. The molecule has 0 aromatic carbocycles. The van der Waals surface area contributed by atoms with Gasteiger partial charge in [0.05, 0.1) is 0 Å². The second-order valence-electron chi connectivity index (χ2n) is 11.4. The molecule has 0 spiro atoms. The fraction of sp³-hybridized carbons (Fsp3) is 0.885. The van der Waals surface area contributed by atoms with Gasteiger partial charge in [0.15, 0.2) is 5.06 Å². The summed E-state index contributed by atoms with van der Waals surface area (Å²) >= 11 is 6.74. The molecule has 4 aliphatic rings. The Balaban J connectivity index is 1.57. The predicted molar refractivity (Wildman–Crippen MR) is 120 cm³/mol. The van der Waals surface area contributed by atoms with Crippen LogP contribution < -0.4 is 0 Å². The molecule has 3 heteroatoms. The van der Waals surface area contributed by atoms with Crippen molar-refractivity contribution in [3.05, 3.63) is 11.6 Å². The van der Waals surface area contributed by atoms with Crippen LogP contribution in [0.1, 0.15) is 98.8 Å². The van der Waals surface area contributed by atoms with Crippen molar-refractivity contribution in [1.82, 2.24) is 0 Å². The largest absolute Gasteiger partial charge is 0.443 e. The van der Waals surface area contributed by atoms with Crippen molar-refractivity contribution in [2.75, 3.05) is 0 Å². The van der Waals surface area contributed by atoms with Gasteiger partial charge in [0.1, 0.15) is 0 Å². The van der Waals surface area contributed by atoms with Crippen molar-refractivity contribution in [1.29, 1.82) is 0 Å². The Labute approximate surface area is 183 Å². The van der Waals surface area contributed by atoms with E-state index in [1.807, 2.05) is 0 Å². The quantitative estimate of drug-likeness (QED) is 0.267. The Bertz CT molecular complexity index is 686. The molecule has 0 aromatic heterocycles. The number of ether oxygens (including phenoxy) is 1. The smallest absolute Gasteiger partial charge is 0.304 e. The van der Waals surface area contributed by atoms with Crippen LogP contribution in [-0.4, -0.2) is 11.0 Å². The summed E-state index contributed by atoms with van der Waals surface area (Å²) in [5, 5.41) is -0.818. The summed E-state index contributed by atoms with van der Waals surface area (Å²) in [6.45, 7) is 11.5. The molecule has 29 heavy (non-hydrogen) atoms. The highest BCUT2D eigenvalue weighted by Crippen LogP contribution is 2.68. The van der Waals surface area contributed by atoms with Gasteiger partial charge in [-0.25, -0.2) is 0 Å². The van der Waals surface area contributed by atoms with Crippen LogP contribution >= 0.6 is 11.6 Å². The van der Waals surface area contributed by atoms with E-state index in [2.05, 4.69) is 33.8 Å². The second kappa shape index (κ2) is 7.57. The summed E-state index contributed by atoms with van der Waals surface area (Å²) in [5.74, 6) is 4.02. The van der Waals surface area contributed by atoms with Gasteiger partial charge >= 0.3 is 5.97 Å². The molecular formula is C26H41ClO2. The van der Waals surface area contributed by atoms with E-state index in [1.165, 1.54) is 57.4 Å². The zero-order valence-corrected chi connectivity index (χ0v) is 20.0. The van der Waals surface area contributed by atoms with E-state index in [1.54, 1.807) is 0 Å². The van der Waals surface area contributed by atoms with Gasteiger partial charge in [0.25, 0.3) is 0 Å². The first-order valence-corrected chi connectivity index (χ1v) is 12.6. The fourth-order valence-electron chi connectivity index (χ4n) is 8.57. The lowest BCUT2D eigenvalue weighted by Crippen LogP contribution is -2.52. The van der Waals surface area contributed by atoms with E-state index in [0.29, 0.717) is 11.8 Å². The molecule has 0 N–H and O–H groups in total. The summed E-state index contributed by atoms with van der Waals surface area (Å²) in [6.07, 6.45) is 14.6. The summed E-state index contributed by atoms with van der Waals surface area (Å²) in [7, 11) is 0. The van der Waals surface area contributed by atoms with Gasteiger partial charge in [-0.1, -0.05) is 63.8 Å². The molecule has 0 saturated heterocycles. The fourth-order valence-corrected chi connectivity index (χ4v) is 8.92. The Morgan fingerprint density at radius 2 is 1.97 bits per heavy atom. The van der Waals surface area contributed by atoms with E-state index in [9.17, 15) is 4.79 Å². The van der Waals surface area contributed by atoms with Crippen molar-refractivity contribution in [2.24, 2.45) is 40.4 Å². The number of carbonyl (C=O) groups excluding carboxylic acids is 1. The summed E-state index contributed by atoms with van der Waals surface area (Å²) in [6, 6.07) is 0. The van der Waals surface area contributed by atoms with Gasteiger partial charge in [0.2, 0.25) is 0 Å². The highest BCUT2D eigenvalue weighted by Gasteiger charge is 2.60. The summed E-state index contributed by atoms with van der Waals surface area (Å²) in [4.78, 5) is 11.6. The molecule has 0 aromatic rings. The molecule has 3 fully saturated rings. The minimum atomic E-state index is -0.818. The van der Waals surface area contributed by atoms with Gasteiger partial charge in [-0.05, 0) is 78.9 Å². The van der Waals surface area contributed by atoms with Crippen LogP contribution in [0.2, 0.25) is 0 Å². The van der Waals surface area contributed by atoms with Crippen LogP contribution in [0.5, 0.6) is 0 Å². The van der Waals surface area contributed by atoms with E-state index in [4.69, 9.17) is 16.3 Å². The van der Waals surface area contributed by atoms with Crippen LogP contribution in [0, 0.1) is 40.4 Å². The molecule has 2 nitrogen and oxygen atoms in total. The third-order valence-corrected chi connectivity index (χ3v) is 10.3. The number of esters is 1. The molecule has 4 aliphatic carbocycles. The first kappa shape index (κ1) is 21.7. The monoisotopic (exact) mass is 420 g/mol. The van der Waals surface area contributed by atoms with Crippen molar-refractivity contribution in [3.8, 4) is 0 Å². The number of fused-ring (bicyclic) bond motifs is 5. The minimum absolute atomic E-state index is 0.246. The SMILES string of the molecule is CCC[C@@H](C)[C@H]1CC[C@H]2[C@@H]3CC=C4CC(Cl)(OC(C)=O)CC[C@]4(C)[C@H]3CC[C@]12C. The van der Waals surface area contributed by atoms with Gasteiger partial charge in [-0.3, -0.25) is 4.79 Å². The maximum atomic E-state index is 11.6. The van der Waals surface area contributed by atoms with Gasteiger partial charge < -0.3 is 4.74 Å². The Hall–Kier alpha value is -0.500. The second-order valence-corrected chi connectivity index (χ2v) is 12.1. The number of alkyl halides is 1. The highest BCUT2D eigenvalue weighted by atomic mass is 35.5. The number of hydrogen-bond acceptors (Lipinski definition) is 2. The van der Waals surface area contributed by atoms with Gasteiger partial charge in [-0.2, -0.15) is 0 Å². The minimum Gasteiger partial charge on any atom is -0.443 e. The van der Waals surface area contributed by atoms with Crippen molar-refractivity contribution in [3.63, 3.8) is 0 Å². The first-order valence-electron chi connectivity index (χ1n) is 12.2. The zero-order chi connectivity index (χ0) is 21.0. The lowest BCUT2D eigenvalue weighted by Gasteiger charge is -2.59. The third kappa shape index (κ3) is 3.50. The number of rotatable bonds is 4. The average Bonchev–Trinajstić information content (AvgIpc) is 2.99. The van der Waals surface area contributed by atoms with E-state index < -0.39 is 5.06 Å². The van der Waals surface area contributed by atoms with Crippen LogP contribution in [0.4, 0.5) is 0 Å². The van der Waals surface area contributed by atoms with Crippen molar-refractivity contribution in [2.45, 2.75) is 104 Å². The molecule has 8 atom stereocenters. The maximum Gasteiger partial charge on any atom is 0.304 e. The molecular weight excluding hydrogens is 380 g/mol. The molecule has 0 amide bonds. The molecule has 4 rings (SSSR count). The van der Waals surface area contributed by atoms with E-state index >= 15 is 0 Å². The van der Waals surface area contributed by atoms with Crippen LogP contribution in [0.3, 0.4) is 0 Å². The summed E-state index contributed by atoms with van der Waals surface area (Å²) < 4.78 is 5.54. The molecule has 0 aliphatic heterocycles. The molecule has 0 bridgehead atoms. The lowest BCUT2D eigenvalue weighted by atomic mass is 9.47. The van der Waals surface area contributed by atoms with Gasteiger partial charge in [-0.15, -0.1) is 0 Å². The first-order chi connectivity index (χ1) is 13.6. The average molecular weight is 421 g/mol. The number of halogens is 1. The Morgan fingerprint density at radius 3 is 2.66 bits per heavy atom. The number of hydrogen-bond donors (Lipinski definition) is 0. The molecule has 3 saturated carbocycles. The van der Waals surface area contributed by atoms with E-state index in [-0.39, 0.29) is 11.4 Å². The van der Waals surface area contributed by atoms with Crippen molar-refractivity contribution < 1.29 is 9.53 Å². The predicted octanol–water partition coefficient (Wildman–Crippen LogP) is 7.50. The topological polar surface area (TPSA) is 26.3 Å². The Kier molecular flexibility index (Phi) is 5.67. The Morgan fingerprint density at radius 1 is 1.21 bits per heavy atom. The molecule has 1 unspecified atom stereocenters. The standard InChI is InChI=1S/C26H41ClO2/c1-6-7-17(2)21-10-11-22-20-9-8-19-16-26(27,29-18(3)28)15-14-24(19,4)23(20)12-13-25(21,22)5/h8,17,20-23H,6-7,9-16H2,1-5H3/t17-,20+,21-,22+,23+,24+,25-,26?/m1/s1. The van der Waals surface area contributed by atoms with Crippen LogP contribution in [0.15, 0.2) is 11.6 Å². The highest BCUT2D eigenvalue weighted by molar-refractivity contribution is 6.23. The maximum absolute atomic E-state index is 11.6. The summed E-state index contributed by atoms with van der Waals surface area (Å²) in [5.41, 5.74) is 2.26. The van der Waals surface area contributed by atoms with Crippen molar-refractivity contribution >= 4 is 17.6 Å².